The lowest BCUT2D eigenvalue weighted by Gasteiger charge is -2.09. The van der Waals surface area contributed by atoms with Gasteiger partial charge in [0, 0.05) is 4.47 Å². The molecule has 0 spiro atoms. The smallest absolute Gasteiger partial charge is 0.199 e. The second kappa shape index (κ2) is 4.48. The van der Waals surface area contributed by atoms with Crippen molar-refractivity contribution in [2.45, 2.75) is 13.5 Å². The van der Waals surface area contributed by atoms with E-state index in [0.29, 0.717) is 10.6 Å². The van der Waals surface area contributed by atoms with Crippen molar-refractivity contribution < 1.29 is 5.11 Å². The molecule has 2 aromatic rings. The Balaban J connectivity index is 2.72. The van der Waals surface area contributed by atoms with Crippen LogP contribution in [0.25, 0.3) is 5.69 Å². The van der Waals surface area contributed by atoms with E-state index in [1.165, 1.54) is 0 Å². The summed E-state index contributed by atoms with van der Waals surface area (Å²) in [7, 11) is 0. The van der Waals surface area contributed by atoms with Gasteiger partial charge in [0.2, 0.25) is 0 Å². The van der Waals surface area contributed by atoms with E-state index in [2.05, 4.69) is 26.1 Å². The van der Waals surface area contributed by atoms with Crippen LogP contribution in [0.15, 0.2) is 22.7 Å². The molecule has 6 heteroatoms. The average molecular weight is 300 g/mol. The number of H-pyrrole nitrogens is 1. The number of aryl methyl sites for hydroxylation is 1. The number of rotatable bonds is 2. The number of aromatic nitrogens is 3. The van der Waals surface area contributed by atoms with Gasteiger partial charge in [0.05, 0.1) is 5.69 Å². The molecule has 1 aromatic heterocycles. The number of nitrogens with zero attached hydrogens (tertiary/aromatic N) is 2. The highest BCUT2D eigenvalue weighted by Gasteiger charge is 2.10. The predicted octanol–water partition coefficient (Wildman–Crippen LogP) is 2.49. The van der Waals surface area contributed by atoms with E-state index in [9.17, 15) is 5.11 Å². The van der Waals surface area contributed by atoms with Gasteiger partial charge in [-0.05, 0) is 46.7 Å². The summed E-state index contributed by atoms with van der Waals surface area (Å²) in [4.78, 5) is 0. The first-order valence-corrected chi connectivity index (χ1v) is 5.88. The number of hydrogen-bond donors (Lipinski definition) is 2. The summed E-state index contributed by atoms with van der Waals surface area (Å²) in [6, 6.07) is 5.85. The fourth-order valence-corrected chi connectivity index (χ4v) is 2.18. The van der Waals surface area contributed by atoms with E-state index in [1.54, 1.807) is 4.57 Å². The Morgan fingerprint density at radius 2 is 2.31 bits per heavy atom. The molecule has 84 valence electrons. The van der Waals surface area contributed by atoms with Crippen LogP contribution in [-0.4, -0.2) is 19.9 Å². The van der Waals surface area contributed by atoms with Gasteiger partial charge in [0.25, 0.3) is 0 Å². The zero-order chi connectivity index (χ0) is 11.7. The number of nitrogens with one attached hydrogen (secondary N) is 1. The molecule has 0 radical (unpaired) electrons. The standard InChI is InChI=1S/C10H10BrN3OS/c1-6-3-2-4-7(9(6)11)14-8(5-15)12-13-10(14)16/h2-4,15H,5H2,1H3,(H,13,16). The summed E-state index contributed by atoms with van der Waals surface area (Å²) < 4.78 is 3.13. The van der Waals surface area contributed by atoms with Crippen molar-refractivity contribution >= 4 is 28.1 Å². The Hall–Kier alpha value is -0.980. The van der Waals surface area contributed by atoms with Crippen molar-refractivity contribution in [1.29, 1.82) is 0 Å². The van der Waals surface area contributed by atoms with Gasteiger partial charge in [0.15, 0.2) is 10.6 Å². The van der Waals surface area contributed by atoms with E-state index >= 15 is 0 Å². The fraction of sp³-hybridized carbons (Fsp3) is 0.200. The van der Waals surface area contributed by atoms with Crippen molar-refractivity contribution in [3.63, 3.8) is 0 Å². The van der Waals surface area contributed by atoms with Crippen LogP contribution in [0.3, 0.4) is 0 Å². The van der Waals surface area contributed by atoms with Crippen LogP contribution < -0.4 is 0 Å². The maximum absolute atomic E-state index is 9.19. The molecular weight excluding hydrogens is 290 g/mol. The van der Waals surface area contributed by atoms with Crippen molar-refractivity contribution in [2.24, 2.45) is 0 Å². The zero-order valence-corrected chi connectivity index (χ0v) is 11.0. The summed E-state index contributed by atoms with van der Waals surface area (Å²) in [5, 5.41) is 15.8. The molecule has 0 saturated heterocycles. The monoisotopic (exact) mass is 299 g/mol. The van der Waals surface area contributed by atoms with Gasteiger partial charge >= 0.3 is 0 Å². The highest BCUT2D eigenvalue weighted by molar-refractivity contribution is 9.10. The molecule has 0 aliphatic heterocycles. The molecule has 1 heterocycles. The number of hydrogen-bond acceptors (Lipinski definition) is 3. The lowest BCUT2D eigenvalue weighted by Crippen LogP contribution is -2.02. The molecule has 0 amide bonds. The van der Waals surface area contributed by atoms with Crippen molar-refractivity contribution in [3.8, 4) is 5.69 Å². The molecule has 0 aliphatic carbocycles. The van der Waals surface area contributed by atoms with E-state index in [0.717, 1.165) is 15.7 Å². The lowest BCUT2D eigenvalue weighted by molar-refractivity contribution is 0.268. The molecule has 1 aromatic carbocycles. The summed E-state index contributed by atoms with van der Waals surface area (Å²) in [5.41, 5.74) is 1.98. The molecule has 0 saturated carbocycles. The Kier molecular flexibility index (Phi) is 3.22. The highest BCUT2D eigenvalue weighted by Crippen LogP contribution is 2.25. The topological polar surface area (TPSA) is 53.8 Å². The van der Waals surface area contributed by atoms with Crippen LogP contribution in [0.1, 0.15) is 11.4 Å². The Bertz CT molecular complexity index is 576. The van der Waals surface area contributed by atoms with Gasteiger partial charge in [-0.15, -0.1) is 0 Å². The van der Waals surface area contributed by atoms with Crippen LogP contribution in [0.4, 0.5) is 0 Å². The molecule has 16 heavy (non-hydrogen) atoms. The molecule has 2 N–H and O–H groups in total. The van der Waals surface area contributed by atoms with Crippen molar-refractivity contribution in [1.82, 2.24) is 14.8 Å². The maximum atomic E-state index is 9.19. The van der Waals surface area contributed by atoms with Gasteiger partial charge < -0.3 is 5.11 Å². The molecular formula is C10H10BrN3OS. The van der Waals surface area contributed by atoms with Crippen LogP contribution in [0, 0.1) is 11.7 Å². The number of halogens is 1. The van der Waals surface area contributed by atoms with Gasteiger partial charge in [-0.3, -0.25) is 9.67 Å². The van der Waals surface area contributed by atoms with E-state index in [1.807, 2.05) is 25.1 Å². The van der Waals surface area contributed by atoms with Crippen molar-refractivity contribution in [2.75, 3.05) is 0 Å². The van der Waals surface area contributed by atoms with Crippen LogP contribution in [0.5, 0.6) is 0 Å². The maximum Gasteiger partial charge on any atom is 0.199 e. The molecule has 4 nitrogen and oxygen atoms in total. The minimum absolute atomic E-state index is 0.159. The number of aliphatic hydroxyl groups is 1. The van der Waals surface area contributed by atoms with E-state index in [-0.39, 0.29) is 6.61 Å². The van der Waals surface area contributed by atoms with Gasteiger partial charge in [-0.2, -0.15) is 5.10 Å². The molecule has 0 fully saturated rings. The van der Waals surface area contributed by atoms with Gasteiger partial charge in [-0.25, -0.2) is 0 Å². The quantitative estimate of drug-likeness (QED) is 0.838. The lowest BCUT2D eigenvalue weighted by atomic mass is 10.2. The molecule has 0 bridgehead atoms. The second-order valence-electron chi connectivity index (χ2n) is 3.35. The third kappa shape index (κ3) is 1.83. The normalized spacial score (nSPS) is 10.7. The third-order valence-corrected chi connectivity index (χ3v) is 3.60. The Morgan fingerprint density at radius 3 is 3.00 bits per heavy atom. The number of aliphatic hydroxyl groups excluding tert-OH is 1. The Morgan fingerprint density at radius 1 is 1.56 bits per heavy atom. The summed E-state index contributed by atoms with van der Waals surface area (Å²) in [6.07, 6.45) is 0. The first-order chi connectivity index (χ1) is 7.65. The van der Waals surface area contributed by atoms with E-state index < -0.39 is 0 Å². The highest BCUT2D eigenvalue weighted by atomic mass is 79.9. The largest absolute Gasteiger partial charge is 0.388 e. The molecule has 0 aliphatic rings. The fourth-order valence-electron chi connectivity index (χ4n) is 1.49. The minimum Gasteiger partial charge on any atom is -0.388 e. The first-order valence-electron chi connectivity index (χ1n) is 4.67. The molecule has 0 unspecified atom stereocenters. The zero-order valence-electron chi connectivity index (χ0n) is 8.57. The third-order valence-electron chi connectivity index (χ3n) is 2.30. The van der Waals surface area contributed by atoms with Gasteiger partial charge in [0.1, 0.15) is 6.61 Å². The van der Waals surface area contributed by atoms with Gasteiger partial charge in [-0.1, -0.05) is 12.1 Å². The van der Waals surface area contributed by atoms with Crippen LogP contribution in [0.2, 0.25) is 0 Å². The Labute approximate surface area is 106 Å². The van der Waals surface area contributed by atoms with Crippen LogP contribution in [-0.2, 0) is 6.61 Å². The predicted molar refractivity (Wildman–Crippen MR) is 67.1 cm³/mol. The number of benzene rings is 1. The van der Waals surface area contributed by atoms with Crippen LogP contribution >= 0.6 is 28.1 Å². The average Bonchev–Trinajstić information content (AvgIpc) is 2.64. The SMILES string of the molecule is Cc1cccc(-n2c(CO)n[nH]c2=S)c1Br. The minimum atomic E-state index is -0.159. The second-order valence-corrected chi connectivity index (χ2v) is 4.53. The number of aromatic amines is 1. The summed E-state index contributed by atoms with van der Waals surface area (Å²) in [5.74, 6) is 0.497. The summed E-state index contributed by atoms with van der Waals surface area (Å²) in [6.45, 7) is 1.84. The first kappa shape index (κ1) is 11.5. The summed E-state index contributed by atoms with van der Waals surface area (Å²) >= 11 is 8.65. The molecule has 2 rings (SSSR count). The molecule has 0 atom stereocenters. The van der Waals surface area contributed by atoms with E-state index in [4.69, 9.17) is 12.2 Å². The van der Waals surface area contributed by atoms with Crippen molar-refractivity contribution in [3.05, 3.63) is 38.8 Å².